The first-order valence-electron chi connectivity index (χ1n) is 6.16. The topological polar surface area (TPSA) is 24.7 Å². The Balaban J connectivity index is -0.0000000201. The van der Waals surface area contributed by atoms with Crippen molar-refractivity contribution in [2.45, 2.75) is 62.3 Å². The second-order valence-electron chi connectivity index (χ2n) is 1.21. The number of rotatable bonds is 1. The van der Waals surface area contributed by atoms with E-state index in [0.717, 1.165) is 5.70 Å². The monoisotopic (exact) mass is 232 g/mol. The molecule has 16 heavy (non-hydrogen) atoms. The van der Waals surface area contributed by atoms with Crippen LogP contribution in [0.2, 0.25) is 0 Å². The minimum absolute atomic E-state index is 0.769. The highest BCUT2D eigenvalue weighted by Gasteiger charge is 1.59. The predicted octanol–water partition coefficient (Wildman–Crippen LogP) is 5.64. The van der Waals surface area contributed by atoms with Crippen molar-refractivity contribution in [2.24, 2.45) is 9.98 Å². The minimum atomic E-state index is 0.769. The molecular weight excluding hydrogens is 196 g/mol. The fourth-order valence-electron chi connectivity index (χ4n) is 0. The lowest BCUT2D eigenvalue weighted by Crippen LogP contribution is -1.52. The van der Waals surface area contributed by atoms with Gasteiger partial charge in [-0.15, -0.1) is 0 Å². The second kappa shape index (κ2) is 145. The van der Waals surface area contributed by atoms with E-state index in [9.17, 15) is 0 Å². The van der Waals surface area contributed by atoms with Gasteiger partial charge in [-0.3, -0.25) is 4.99 Å². The maximum absolute atomic E-state index is 3.44. The molecule has 0 fully saturated rings. The average molecular weight is 232 g/mol. The van der Waals surface area contributed by atoms with E-state index in [1.54, 1.807) is 14.0 Å². The molecule has 0 rings (SSSR count). The van der Waals surface area contributed by atoms with Crippen LogP contribution in [0.25, 0.3) is 0 Å². The molecule has 0 aromatic carbocycles. The maximum Gasteiger partial charge on any atom is 0.0293 e. The molecule has 0 spiro atoms. The number of hydrogen-bond donors (Lipinski definition) is 0. The second-order valence-corrected chi connectivity index (χ2v) is 1.21. The summed E-state index contributed by atoms with van der Waals surface area (Å²) in [4.78, 5) is 6.69. The summed E-state index contributed by atoms with van der Waals surface area (Å²) >= 11 is 0. The van der Waals surface area contributed by atoms with Crippen LogP contribution in [0.5, 0.6) is 0 Å². The van der Waals surface area contributed by atoms with Gasteiger partial charge in [-0.05, 0) is 20.4 Å². The van der Waals surface area contributed by atoms with Gasteiger partial charge in [-0.1, -0.05) is 62.0 Å². The summed E-state index contributed by atoms with van der Waals surface area (Å²) in [5.41, 5.74) is 0.769. The molecule has 0 saturated carbocycles. The van der Waals surface area contributed by atoms with Crippen LogP contribution in [0.3, 0.4) is 0 Å². The molecule has 0 atom stereocenters. The fraction of sp³-hybridized carbons (Fsp3) is 0.714. The highest BCUT2D eigenvalue weighted by Crippen LogP contribution is 1.80. The quantitative estimate of drug-likeness (QED) is 0.522. The van der Waals surface area contributed by atoms with E-state index in [1.807, 2.05) is 55.4 Å². The lowest BCUT2D eigenvalue weighted by atomic mass is 10.6. The van der Waals surface area contributed by atoms with Gasteiger partial charge in [0.25, 0.3) is 0 Å². The molecule has 2 heteroatoms. The van der Waals surface area contributed by atoms with E-state index in [2.05, 4.69) is 30.0 Å². The van der Waals surface area contributed by atoms with Gasteiger partial charge in [0.05, 0.1) is 0 Å². The molecular formula is C14H36N2. The summed E-state index contributed by atoms with van der Waals surface area (Å²) in [6.07, 6.45) is 0. The molecule has 0 aliphatic heterocycles. The molecule has 0 N–H and O–H groups in total. The van der Waals surface area contributed by atoms with E-state index < -0.39 is 0 Å². The zero-order valence-electron chi connectivity index (χ0n) is 13.5. The van der Waals surface area contributed by atoms with E-state index in [4.69, 9.17) is 0 Å². The predicted molar refractivity (Wildman–Crippen MR) is 85.2 cm³/mol. The van der Waals surface area contributed by atoms with E-state index in [-0.39, 0.29) is 0 Å². The van der Waals surface area contributed by atoms with E-state index in [0.29, 0.717) is 0 Å². The van der Waals surface area contributed by atoms with Crippen LogP contribution in [0.15, 0.2) is 22.3 Å². The van der Waals surface area contributed by atoms with E-state index in [1.165, 1.54) is 0 Å². The molecule has 0 aromatic heterocycles. The third-order valence-corrected chi connectivity index (χ3v) is 0.270. The Labute approximate surface area is 106 Å². The molecule has 0 saturated heterocycles. The van der Waals surface area contributed by atoms with Crippen LogP contribution in [0.4, 0.5) is 0 Å². The third kappa shape index (κ3) is 1640. The molecule has 0 unspecified atom stereocenters. The molecule has 102 valence electrons. The Morgan fingerprint density at radius 2 is 0.812 bits per heavy atom. The first kappa shape index (κ1) is 36.3. The third-order valence-electron chi connectivity index (χ3n) is 0.270. The van der Waals surface area contributed by atoms with Crippen LogP contribution in [-0.2, 0) is 0 Å². The lowest BCUT2D eigenvalue weighted by Gasteiger charge is -1.72. The Kier molecular flexibility index (Phi) is 328. The minimum Gasteiger partial charge on any atom is -0.304 e. The number of hydrogen-bond acceptors (Lipinski definition) is 2. The van der Waals surface area contributed by atoms with Gasteiger partial charge in [0.1, 0.15) is 0 Å². The van der Waals surface area contributed by atoms with Crippen LogP contribution in [-0.4, -0.2) is 20.5 Å². The zero-order chi connectivity index (χ0) is 15.0. The van der Waals surface area contributed by atoms with Crippen molar-refractivity contribution in [3.05, 3.63) is 12.3 Å². The smallest absolute Gasteiger partial charge is 0.0293 e. The lowest BCUT2D eigenvalue weighted by molar-refractivity contribution is 1.35. The van der Waals surface area contributed by atoms with Gasteiger partial charge in [-0.2, -0.15) is 0 Å². The van der Waals surface area contributed by atoms with Crippen LogP contribution in [0.1, 0.15) is 62.3 Å². The van der Waals surface area contributed by atoms with Crippen molar-refractivity contribution < 1.29 is 0 Å². The van der Waals surface area contributed by atoms with Gasteiger partial charge in [0.15, 0.2) is 0 Å². The SMILES string of the molecule is C=NC.C=NC(=C)C.CC.CC.CC.CC. The summed E-state index contributed by atoms with van der Waals surface area (Å²) in [5.74, 6) is 0. The number of nitrogens with zero attached hydrogens (tertiary/aromatic N) is 2. The molecule has 0 heterocycles. The summed E-state index contributed by atoms with van der Waals surface area (Å²) in [6, 6.07) is 0. The summed E-state index contributed by atoms with van der Waals surface area (Å²) in [7, 11) is 1.64. The maximum atomic E-state index is 3.44. The van der Waals surface area contributed by atoms with Crippen LogP contribution < -0.4 is 0 Å². The van der Waals surface area contributed by atoms with Gasteiger partial charge in [0, 0.05) is 12.7 Å². The van der Waals surface area contributed by atoms with Gasteiger partial charge < -0.3 is 4.99 Å². The van der Waals surface area contributed by atoms with E-state index >= 15 is 0 Å². The summed E-state index contributed by atoms with van der Waals surface area (Å²) in [5, 5.41) is 0. The molecule has 0 aromatic rings. The van der Waals surface area contributed by atoms with Crippen molar-refractivity contribution in [3.8, 4) is 0 Å². The van der Waals surface area contributed by atoms with Crippen molar-refractivity contribution in [1.82, 2.24) is 0 Å². The summed E-state index contributed by atoms with van der Waals surface area (Å²) < 4.78 is 0. The van der Waals surface area contributed by atoms with Gasteiger partial charge in [-0.25, -0.2) is 0 Å². The van der Waals surface area contributed by atoms with Crippen molar-refractivity contribution in [1.29, 1.82) is 0 Å². The molecule has 2 nitrogen and oxygen atoms in total. The molecule has 0 aliphatic carbocycles. The van der Waals surface area contributed by atoms with Crippen LogP contribution in [0, 0.1) is 0 Å². The normalized spacial score (nSPS) is 4.38. The Morgan fingerprint density at radius 3 is 0.812 bits per heavy atom. The van der Waals surface area contributed by atoms with Gasteiger partial charge in [0.2, 0.25) is 0 Å². The van der Waals surface area contributed by atoms with Gasteiger partial charge >= 0.3 is 0 Å². The highest BCUT2D eigenvalue weighted by atomic mass is 14.7. The fourth-order valence-corrected chi connectivity index (χ4v) is 0. The number of aliphatic imine (C=N–C) groups is 2. The van der Waals surface area contributed by atoms with Crippen molar-refractivity contribution >= 4 is 13.4 Å². The summed E-state index contributed by atoms with van der Waals surface area (Å²) in [6.45, 7) is 27.6. The van der Waals surface area contributed by atoms with Crippen molar-refractivity contribution in [2.75, 3.05) is 7.05 Å². The highest BCUT2D eigenvalue weighted by molar-refractivity contribution is 5.27. The number of allylic oxidation sites excluding steroid dienone is 1. The zero-order valence-corrected chi connectivity index (χ0v) is 13.5. The first-order valence-corrected chi connectivity index (χ1v) is 6.16. The molecule has 0 bridgehead atoms. The molecule has 0 aliphatic rings. The largest absolute Gasteiger partial charge is 0.304 e. The Bertz CT molecular complexity index is 86.7. The molecule has 0 radical (unpaired) electrons. The standard InChI is InChI=1S/C4H7N.C2H5N.4C2H6/c1-4(2)5-3;1-3-2;4*1-2/h1,3H2,2H3;1H2,2H3;4*1-2H3. The molecule has 0 amide bonds. The Hall–Kier alpha value is -0.920. The Morgan fingerprint density at radius 1 is 0.750 bits per heavy atom. The van der Waals surface area contributed by atoms with Crippen LogP contribution >= 0.6 is 0 Å². The first-order chi connectivity index (χ1) is 7.68. The van der Waals surface area contributed by atoms with Crippen molar-refractivity contribution in [3.63, 3.8) is 0 Å². The average Bonchev–Trinajstić information content (AvgIpc) is 2.40.